The van der Waals surface area contributed by atoms with E-state index in [1.165, 1.54) is 24.3 Å². The fraction of sp³-hybridized carbons (Fsp3) is 0.286. The van der Waals surface area contributed by atoms with E-state index in [9.17, 15) is 18.8 Å². The highest BCUT2D eigenvalue weighted by Crippen LogP contribution is 2.26. The summed E-state index contributed by atoms with van der Waals surface area (Å²) in [6, 6.07) is 10.3. The topological polar surface area (TPSA) is 95.5 Å². The third kappa shape index (κ3) is 4.36. The molecular formula is C21H21FN2O4. The summed E-state index contributed by atoms with van der Waals surface area (Å²) in [5, 5.41) is 14.6. The van der Waals surface area contributed by atoms with Gasteiger partial charge in [0.25, 0.3) is 11.8 Å². The van der Waals surface area contributed by atoms with Crippen molar-refractivity contribution in [2.45, 2.75) is 32.2 Å². The van der Waals surface area contributed by atoms with Crippen LogP contribution >= 0.6 is 0 Å². The number of aryl methyl sites for hydroxylation is 1. The monoisotopic (exact) mass is 384 g/mol. The van der Waals surface area contributed by atoms with E-state index in [4.69, 9.17) is 5.11 Å². The van der Waals surface area contributed by atoms with Crippen molar-refractivity contribution in [1.82, 2.24) is 5.32 Å². The van der Waals surface area contributed by atoms with Crippen LogP contribution in [0.25, 0.3) is 0 Å². The van der Waals surface area contributed by atoms with Crippen molar-refractivity contribution in [1.29, 1.82) is 0 Å². The summed E-state index contributed by atoms with van der Waals surface area (Å²) in [5.74, 6) is -2.83. The molecule has 0 saturated heterocycles. The molecule has 7 heteroatoms. The molecule has 6 nitrogen and oxygen atoms in total. The maximum atomic E-state index is 13.8. The lowest BCUT2D eigenvalue weighted by atomic mass is 10.1. The first-order valence-electron chi connectivity index (χ1n) is 9.05. The molecule has 0 bridgehead atoms. The zero-order valence-corrected chi connectivity index (χ0v) is 15.4. The number of aliphatic carboxylic acids is 1. The van der Waals surface area contributed by atoms with Gasteiger partial charge in [0, 0.05) is 17.3 Å². The molecule has 3 rings (SSSR count). The van der Waals surface area contributed by atoms with Crippen LogP contribution in [0.4, 0.5) is 10.1 Å². The van der Waals surface area contributed by atoms with Gasteiger partial charge in [0.2, 0.25) is 0 Å². The Balaban J connectivity index is 1.71. The zero-order valence-electron chi connectivity index (χ0n) is 15.4. The average molecular weight is 384 g/mol. The first kappa shape index (κ1) is 19.5. The maximum Gasteiger partial charge on any atom is 0.306 e. The van der Waals surface area contributed by atoms with E-state index in [1.807, 2.05) is 0 Å². The van der Waals surface area contributed by atoms with Crippen LogP contribution in [0.3, 0.4) is 0 Å². The molecule has 2 amide bonds. The molecule has 1 aliphatic rings. The Labute approximate surface area is 161 Å². The smallest absolute Gasteiger partial charge is 0.306 e. The molecule has 1 fully saturated rings. The van der Waals surface area contributed by atoms with Gasteiger partial charge in [-0.25, -0.2) is 4.39 Å². The molecule has 2 aromatic carbocycles. The van der Waals surface area contributed by atoms with Crippen LogP contribution in [0.5, 0.6) is 0 Å². The molecule has 3 N–H and O–H groups in total. The average Bonchev–Trinajstić information content (AvgIpc) is 3.12. The Bertz CT molecular complexity index is 928. The highest BCUT2D eigenvalue weighted by molar-refractivity contribution is 6.05. The van der Waals surface area contributed by atoms with Gasteiger partial charge in [0.15, 0.2) is 0 Å². The summed E-state index contributed by atoms with van der Waals surface area (Å²) in [6.45, 7) is 1.77. The van der Waals surface area contributed by atoms with Gasteiger partial charge in [0.1, 0.15) is 5.82 Å². The fourth-order valence-electron chi connectivity index (χ4n) is 3.34. The van der Waals surface area contributed by atoms with Crippen molar-refractivity contribution >= 4 is 23.5 Å². The number of hydrogen-bond acceptors (Lipinski definition) is 3. The molecule has 2 atom stereocenters. The number of carbonyl (C=O) groups excluding carboxylic acids is 2. The number of carboxylic acid groups (broad SMARTS) is 1. The Morgan fingerprint density at radius 1 is 1.07 bits per heavy atom. The van der Waals surface area contributed by atoms with Crippen molar-refractivity contribution in [2.24, 2.45) is 5.92 Å². The lowest BCUT2D eigenvalue weighted by Crippen LogP contribution is -2.33. The van der Waals surface area contributed by atoms with Crippen LogP contribution in [-0.4, -0.2) is 28.9 Å². The molecule has 1 aliphatic carbocycles. The van der Waals surface area contributed by atoms with Gasteiger partial charge in [0.05, 0.1) is 11.5 Å². The van der Waals surface area contributed by atoms with Crippen LogP contribution in [0, 0.1) is 18.7 Å². The summed E-state index contributed by atoms with van der Waals surface area (Å²) in [6.07, 6.45) is 1.56. The van der Waals surface area contributed by atoms with Crippen molar-refractivity contribution < 1.29 is 23.9 Å². The van der Waals surface area contributed by atoms with Crippen LogP contribution in [0.15, 0.2) is 42.5 Å². The van der Waals surface area contributed by atoms with Gasteiger partial charge in [-0.3, -0.25) is 14.4 Å². The van der Waals surface area contributed by atoms with E-state index in [1.54, 1.807) is 25.1 Å². The van der Waals surface area contributed by atoms with Crippen molar-refractivity contribution in [3.8, 4) is 0 Å². The second-order valence-corrected chi connectivity index (χ2v) is 6.98. The zero-order chi connectivity index (χ0) is 20.3. The number of anilines is 1. The molecule has 0 spiro atoms. The van der Waals surface area contributed by atoms with Crippen LogP contribution in [0.2, 0.25) is 0 Å². The number of rotatable bonds is 5. The van der Waals surface area contributed by atoms with Gasteiger partial charge in [-0.05, 0) is 56.0 Å². The summed E-state index contributed by atoms with van der Waals surface area (Å²) >= 11 is 0. The minimum Gasteiger partial charge on any atom is -0.481 e. The summed E-state index contributed by atoms with van der Waals surface area (Å²) < 4.78 is 13.8. The number of nitrogens with one attached hydrogen (secondary N) is 2. The lowest BCUT2D eigenvalue weighted by Gasteiger charge is -2.14. The normalized spacial score (nSPS) is 18.5. The molecule has 0 heterocycles. The van der Waals surface area contributed by atoms with Crippen LogP contribution in [-0.2, 0) is 4.79 Å². The van der Waals surface area contributed by atoms with Crippen LogP contribution in [0.1, 0.15) is 45.5 Å². The van der Waals surface area contributed by atoms with E-state index in [0.717, 1.165) is 5.56 Å². The Hall–Kier alpha value is -3.22. The van der Waals surface area contributed by atoms with E-state index < -0.39 is 23.6 Å². The minimum absolute atomic E-state index is 0.0811. The second kappa shape index (κ2) is 8.21. The lowest BCUT2D eigenvalue weighted by molar-refractivity contribution is -0.141. The number of carbonyl (C=O) groups is 3. The molecule has 1 saturated carbocycles. The predicted molar refractivity (Wildman–Crippen MR) is 102 cm³/mol. The first-order chi connectivity index (χ1) is 13.3. The number of amides is 2. The number of carboxylic acids is 1. The molecule has 146 valence electrons. The summed E-state index contributed by atoms with van der Waals surface area (Å²) in [7, 11) is 0. The Morgan fingerprint density at radius 3 is 2.50 bits per heavy atom. The van der Waals surface area contributed by atoms with E-state index in [-0.39, 0.29) is 17.5 Å². The van der Waals surface area contributed by atoms with Gasteiger partial charge < -0.3 is 15.7 Å². The predicted octanol–water partition coefficient (Wildman–Crippen LogP) is 3.37. The number of halogens is 1. The Morgan fingerprint density at radius 2 is 1.82 bits per heavy atom. The number of hydrogen-bond donors (Lipinski definition) is 3. The van der Waals surface area contributed by atoms with Crippen LogP contribution < -0.4 is 10.6 Å². The first-order valence-corrected chi connectivity index (χ1v) is 9.05. The largest absolute Gasteiger partial charge is 0.481 e. The second-order valence-electron chi connectivity index (χ2n) is 6.98. The summed E-state index contributed by atoms with van der Waals surface area (Å²) in [5.41, 5.74) is 1.40. The highest BCUT2D eigenvalue weighted by atomic mass is 19.1. The van der Waals surface area contributed by atoms with Gasteiger partial charge in [-0.15, -0.1) is 0 Å². The van der Waals surface area contributed by atoms with Crippen molar-refractivity contribution in [2.75, 3.05) is 5.32 Å². The van der Waals surface area contributed by atoms with Gasteiger partial charge in [-0.1, -0.05) is 18.2 Å². The van der Waals surface area contributed by atoms with E-state index >= 15 is 0 Å². The SMILES string of the molecule is Cc1ccc(C(=O)N[C@@H]2CC[C@H](C(=O)O)C2)cc1NC(=O)c1ccccc1F. The Kier molecular flexibility index (Phi) is 5.73. The fourth-order valence-corrected chi connectivity index (χ4v) is 3.34. The van der Waals surface area contributed by atoms with E-state index in [0.29, 0.717) is 30.5 Å². The highest BCUT2D eigenvalue weighted by Gasteiger charge is 2.30. The maximum absolute atomic E-state index is 13.8. The molecule has 0 aromatic heterocycles. The third-order valence-corrected chi connectivity index (χ3v) is 4.98. The van der Waals surface area contributed by atoms with Crippen molar-refractivity contribution in [3.63, 3.8) is 0 Å². The quantitative estimate of drug-likeness (QED) is 0.737. The number of benzene rings is 2. The molecule has 0 unspecified atom stereocenters. The van der Waals surface area contributed by atoms with Gasteiger partial charge in [-0.2, -0.15) is 0 Å². The summed E-state index contributed by atoms with van der Waals surface area (Å²) in [4.78, 5) is 35.9. The van der Waals surface area contributed by atoms with Gasteiger partial charge >= 0.3 is 5.97 Å². The van der Waals surface area contributed by atoms with E-state index in [2.05, 4.69) is 10.6 Å². The third-order valence-electron chi connectivity index (χ3n) is 4.98. The standard InChI is InChI=1S/C21H21FN2O4/c1-12-6-7-13(19(25)23-15-9-8-14(10-15)21(27)28)11-18(12)24-20(26)16-4-2-3-5-17(16)22/h2-7,11,14-15H,8-10H2,1H3,(H,23,25)(H,24,26)(H,27,28)/t14-,15+/m0/s1. The molecule has 28 heavy (non-hydrogen) atoms. The van der Waals surface area contributed by atoms with Crippen molar-refractivity contribution in [3.05, 3.63) is 65.0 Å². The molecule has 0 aliphatic heterocycles. The molecular weight excluding hydrogens is 363 g/mol. The molecule has 0 radical (unpaired) electrons. The molecule has 2 aromatic rings. The minimum atomic E-state index is -0.842.